The van der Waals surface area contributed by atoms with Crippen molar-refractivity contribution in [2.45, 2.75) is 6.92 Å². The zero-order chi connectivity index (χ0) is 8.55. The highest BCUT2D eigenvalue weighted by molar-refractivity contribution is 5.85. The van der Waals surface area contributed by atoms with Crippen LogP contribution in [0.4, 0.5) is 0 Å². The Morgan fingerprint density at radius 2 is 2.23 bits per heavy atom. The molecule has 13 heavy (non-hydrogen) atoms. The van der Waals surface area contributed by atoms with Gasteiger partial charge in [-0.1, -0.05) is 0 Å². The maximum absolute atomic E-state index is 8.73. The van der Waals surface area contributed by atoms with Crippen LogP contribution >= 0.6 is 12.4 Å². The predicted molar refractivity (Wildman–Crippen MR) is 51.9 cm³/mol. The molecule has 2 aromatic heterocycles. The van der Waals surface area contributed by atoms with Crippen LogP contribution in [0.3, 0.4) is 0 Å². The summed E-state index contributed by atoms with van der Waals surface area (Å²) in [7, 11) is 0. The largest absolute Gasteiger partial charge is 0.303 e. The van der Waals surface area contributed by atoms with Crippen molar-refractivity contribution >= 4 is 18.1 Å². The SMILES string of the molecule is Cc1c(C#N)ccc2nccn12.Cl. The maximum atomic E-state index is 8.73. The Bertz CT molecular complexity index is 467. The first-order valence-electron chi connectivity index (χ1n) is 3.65. The minimum Gasteiger partial charge on any atom is -0.303 e. The van der Waals surface area contributed by atoms with Crippen molar-refractivity contribution in [2.75, 3.05) is 0 Å². The fourth-order valence-electron chi connectivity index (χ4n) is 1.25. The number of imidazole rings is 1. The molecule has 0 bridgehead atoms. The lowest BCUT2D eigenvalue weighted by atomic mass is 10.2. The molecule has 0 aromatic carbocycles. The summed E-state index contributed by atoms with van der Waals surface area (Å²) in [6.07, 6.45) is 3.58. The van der Waals surface area contributed by atoms with Gasteiger partial charge in [0.05, 0.1) is 5.56 Å². The van der Waals surface area contributed by atoms with E-state index in [1.807, 2.05) is 23.6 Å². The van der Waals surface area contributed by atoms with Crippen molar-refractivity contribution in [3.63, 3.8) is 0 Å². The number of halogens is 1. The van der Waals surface area contributed by atoms with E-state index in [0.717, 1.165) is 11.3 Å². The van der Waals surface area contributed by atoms with Gasteiger partial charge in [-0.05, 0) is 19.1 Å². The van der Waals surface area contributed by atoms with Gasteiger partial charge in [-0.15, -0.1) is 12.4 Å². The van der Waals surface area contributed by atoms with E-state index in [4.69, 9.17) is 5.26 Å². The molecule has 0 spiro atoms. The molecule has 4 heteroatoms. The summed E-state index contributed by atoms with van der Waals surface area (Å²) in [5.74, 6) is 0. The van der Waals surface area contributed by atoms with Gasteiger partial charge in [-0.3, -0.25) is 0 Å². The van der Waals surface area contributed by atoms with Crippen molar-refractivity contribution in [1.82, 2.24) is 9.38 Å². The Hall–Kier alpha value is -1.53. The lowest BCUT2D eigenvalue weighted by Crippen LogP contribution is -1.92. The zero-order valence-corrected chi connectivity index (χ0v) is 7.88. The average molecular weight is 194 g/mol. The summed E-state index contributed by atoms with van der Waals surface area (Å²) in [6.45, 7) is 1.91. The summed E-state index contributed by atoms with van der Waals surface area (Å²) in [5, 5.41) is 8.73. The number of hydrogen-bond acceptors (Lipinski definition) is 2. The Balaban J connectivity index is 0.000000845. The average Bonchev–Trinajstić information content (AvgIpc) is 2.53. The lowest BCUT2D eigenvalue weighted by Gasteiger charge is -1.99. The summed E-state index contributed by atoms with van der Waals surface area (Å²) >= 11 is 0. The number of aromatic nitrogens is 2. The van der Waals surface area contributed by atoms with Gasteiger partial charge in [-0.25, -0.2) is 4.98 Å². The molecule has 0 aliphatic heterocycles. The molecule has 0 fully saturated rings. The molecule has 0 saturated carbocycles. The van der Waals surface area contributed by atoms with Crippen molar-refractivity contribution in [2.24, 2.45) is 0 Å². The predicted octanol–water partition coefficient (Wildman–Crippen LogP) is 1.94. The highest BCUT2D eigenvalue weighted by Gasteiger charge is 2.01. The Morgan fingerprint density at radius 1 is 1.46 bits per heavy atom. The van der Waals surface area contributed by atoms with Gasteiger partial charge < -0.3 is 4.40 Å². The highest BCUT2D eigenvalue weighted by Crippen LogP contribution is 2.09. The fourth-order valence-corrected chi connectivity index (χ4v) is 1.25. The monoisotopic (exact) mass is 193 g/mol. The van der Waals surface area contributed by atoms with E-state index in [-0.39, 0.29) is 12.4 Å². The Morgan fingerprint density at radius 3 is 2.92 bits per heavy atom. The number of aryl methyl sites for hydroxylation is 1. The first kappa shape index (κ1) is 9.56. The number of rotatable bonds is 0. The van der Waals surface area contributed by atoms with Crippen molar-refractivity contribution < 1.29 is 0 Å². The zero-order valence-electron chi connectivity index (χ0n) is 7.06. The van der Waals surface area contributed by atoms with Crippen molar-refractivity contribution in [3.8, 4) is 6.07 Å². The van der Waals surface area contributed by atoms with Crippen LogP contribution in [0.25, 0.3) is 5.65 Å². The number of nitrogens with zero attached hydrogens (tertiary/aromatic N) is 3. The minimum atomic E-state index is 0. The summed E-state index contributed by atoms with van der Waals surface area (Å²) in [6, 6.07) is 5.76. The third-order valence-electron chi connectivity index (χ3n) is 1.94. The number of hydrogen-bond donors (Lipinski definition) is 0. The van der Waals surface area contributed by atoms with Gasteiger partial charge in [0.25, 0.3) is 0 Å². The normalized spacial score (nSPS) is 9.23. The maximum Gasteiger partial charge on any atom is 0.136 e. The molecule has 2 heterocycles. The summed E-state index contributed by atoms with van der Waals surface area (Å²) < 4.78 is 1.90. The Kier molecular flexibility index (Phi) is 2.54. The second-order valence-electron chi connectivity index (χ2n) is 2.60. The molecular weight excluding hydrogens is 186 g/mol. The van der Waals surface area contributed by atoms with Crippen LogP contribution in [-0.2, 0) is 0 Å². The summed E-state index contributed by atoms with van der Waals surface area (Å²) in [4.78, 5) is 4.11. The van der Waals surface area contributed by atoms with Crippen LogP contribution in [0.2, 0.25) is 0 Å². The van der Waals surface area contributed by atoms with Gasteiger partial charge >= 0.3 is 0 Å². The topological polar surface area (TPSA) is 41.1 Å². The van der Waals surface area contributed by atoms with E-state index < -0.39 is 0 Å². The van der Waals surface area contributed by atoms with Gasteiger partial charge in [0.1, 0.15) is 11.7 Å². The molecule has 0 saturated heterocycles. The number of pyridine rings is 1. The first-order valence-corrected chi connectivity index (χ1v) is 3.65. The van der Waals surface area contributed by atoms with Gasteiger partial charge in [0.2, 0.25) is 0 Å². The molecule has 0 amide bonds. The van der Waals surface area contributed by atoms with Crippen LogP contribution in [0.1, 0.15) is 11.3 Å². The summed E-state index contributed by atoms with van der Waals surface area (Å²) in [5.41, 5.74) is 2.51. The molecule has 66 valence electrons. The lowest BCUT2D eigenvalue weighted by molar-refractivity contribution is 1.08. The second-order valence-corrected chi connectivity index (χ2v) is 2.60. The van der Waals surface area contributed by atoms with E-state index >= 15 is 0 Å². The van der Waals surface area contributed by atoms with Crippen LogP contribution in [0.15, 0.2) is 24.5 Å². The van der Waals surface area contributed by atoms with E-state index in [9.17, 15) is 0 Å². The molecule has 0 atom stereocenters. The molecule has 2 rings (SSSR count). The molecule has 0 aliphatic rings. The molecule has 0 radical (unpaired) electrons. The van der Waals surface area contributed by atoms with Gasteiger partial charge in [0.15, 0.2) is 0 Å². The van der Waals surface area contributed by atoms with Crippen LogP contribution in [0.5, 0.6) is 0 Å². The quantitative estimate of drug-likeness (QED) is 0.642. The third-order valence-corrected chi connectivity index (χ3v) is 1.94. The van der Waals surface area contributed by atoms with Crippen LogP contribution in [-0.4, -0.2) is 9.38 Å². The number of nitriles is 1. The van der Waals surface area contributed by atoms with E-state index in [1.54, 1.807) is 12.3 Å². The third kappa shape index (κ3) is 1.36. The van der Waals surface area contributed by atoms with E-state index in [1.165, 1.54) is 0 Å². The molecule has 0 unspecified atom stereocenters. The van der Waals surface area contributed by atoms with Crippen molar-refractivity contribution in [3.05, 3.63) is 35.8 Å². The van der Waals surface area contributed by atoms with Crippen LogP contribution < -0.4 is 0 Å². The molecular formula is C9H8ClN3. The van der Waals surface area contributed by atoms with Gasteiger partial charge in [0, 0.05) is 18.1 Å². The van der Waals surface area contributed by atoms with Gasteiger partial charge in [-0.2, -0.15) is 5.26 Å². The molecule has 0 aliphatic carbocycles. The standard InChI is InChI=1S/C9H7N3.ClH/c1-7-8(6-10)2-3-9-11-4-5-12(7)9;/h2-5H,1H3;1H. The molecule has 0 N–H and O–H groups in total. The Labute approximate surface area is 82.0 Å². The molecule has 3 nitrogen and oxygen atoms in total. The number of fused-ring (bicyclic) bond motifs is 1. The van der Waals surface area contributed by atoms with Crippen molar-refractivity contribution in [1.29, 1.82) is 5.26 Å². The second kappa shape index (κ2) is 3.46. The van der Waals surface area contributed by atoms with E-state index in [0.29, 0.717) is 5.56 Å². The fraction of sp³-hybridized carbons (Fsp3) is 0.111. The van der Waals surface area contributed by atoms with Crippen LogP contribution in [0, 0.1) is 18.3 Å². The first-order chi connectivity index (χ1) is 5.83. The van der Waals surface area contributed by atoms with E-state index in [2.05, 4.69) is 11.1 Å². The smallest absolute Gasteiger partial charge is 0.136 e. The highest BCUT2D eigenvalue weighted by atomic mass is 35.5. The molecule has 2 aromatic rings. The minimum absolute atomic E-state index is 0.